The molecule has 2 unspecified atom stereocenters. The number of hydrogen-bond acceptors (Lipinski definition) is 2. The molecule has 0 spiro atoms. The average molecular weight is 284 g/mol. The van der Waals surface area contributed by atoms with Crippen molar-refractivity contribution in [2.45, 2.75) is 25.2 Å². The first-order valence-corrected chi connectivity index (χ1v) is 6.50. The molecule has 2 nitrogen and oxygen atoms in total. The number of aliphatic hydroxyl groups excluding tert-OH is 1. The van der Waals surface area contributed by atoms with Crippen LogP contribution >= 0.6 is 15.9 Å². The van der Waals surface area contributed by atoms with Gasteiger partial charge >= 0.3 is 0 Å². The Labute approximate surface area is 105 Å². The first-order chi connectivity index (χ1) is 7.64. The molecular formula is C13H18BrNO. The summed E-state index contributed by atoms with van der Waals surface area (Å²) in [4.78, 5) is 0. The fraction of sp³-hybridized carbons (Fsp3) is 0.538. The minimum absolute atomic E-state index is 0.0877. The zero-order valence-corrected chi connectivity index (χ0v) is 11.1. The van der Waals surface area contributed by atoms with Crippen molar-refractivity contribution in [3.63, 3.8) is 0 Å². The minimum Gasteiger partial charge on any atom is -0.396 e. The van der Waals surface area contributed by atoms with E-state index < -0.39 is 0 Å². The Kier molecular flexibility index (Phi) is 3.12. The van der Waals surface area contributed by atoms with E-state index in [0.29, 0.717) is 6.54 Å². The molecule has 1 aromatic rings. The summed E-state index contributed by atoms with van der Waals surface area (Å²) in [7, 11) is 0. The third-order valence-corrected chi connectivity index (χ3v) is 4.75. The molecule has 0 heterocycles. The van der Waals surface area contributed by atoms with E-state index in [-0.39, 0.29) is 17.4 Å². The second kappa shape index (κ2) is 4.13. The molecule has 3 N–H and O–H groups in total. The molecule has 0 bridgehead atoms. The topological polar surface area (TPSA) is 46.2 Å². The quantitative estimate of drug-likeness (QED) is 0.892. The highest BCUT2D eigenvalue weighted by Crippen LogP contribution is 2.65. The first kappa shape index (κ1) is 12.1. The van der Waals surface area contributed by atoms with Gasteiger partial charge in [-0.15, -0.1) is 0 Å². The lowest BCUT2D eigenvalue weighted by Gasteiger charge is -2.22. The molecule has 16 heavy (non-hydrogen) atoms. The lowest BCUT2D eigenvalue weighted by Crippen LogP contribution is -2.29. The monoisotopic (exact) mass is 283 g/mol. The van der Waals surface area contributed by atoms with Crippen LogP contribution in [0.1, 0.15) is 25.3 Å². The maximum absolute atomic E-state index is 9.55. The van der Waals surface area contributed by atoms with Gasteiger partial charge in [0.05, 0.1) is 6.61 Å². The minimum atomic E-state index is -0.0877. The zero-order chi connectivity index (χ0) is 11.8. The summed E-state index contributed by atoms with van der Waals surface area (Å²) < 4.78 is 1.09. The largest absolute Gasteiger partial charge is 0.396 e. The highest BCUT2D eigenvalue weighted by atomic mass is 79.9. The van der Waals surface area contributed by atoms with Crippen LogP contribution in [0.15, 0.2) is 28.7 Å². The maximum Gasteiger partial charge on any atom is 0.0508 e. The van der Waals surface area contributed by atoms with Gasteiger partial charge < -0.3 is 10.8 Å². The van der Waals surface area contributed by atoms with Gasteiger partial charge in [-0.25, -0.2) is 0 Å². The molecule has 1 aromatic carbocycles. The Balaban J connectivity index is 2.35. The normalized spacial score (nSPS) is 32.8. The summed E-state index contributed by atoms with van der Waals surface area (Å²) >= 11 is 3.44. The average Bonchev–Trinajstić information content (AvgIpc) is 3.00. The van der Waals surface area contributed by atoms with Crippen LogP contribution in [0.5, 0.6) is 0 Å². The zero-order valence-electron chi connectivity index (χ0n) is 9.54. The highest BCUT2D eigenvalue weighted by Gasteiger charge is 2.65. The Morgan fingerprint density at radius 2 is 2.00 bits per heavy atom. The van der Waals surface area contributed by atoms with Crippen molar-refractivity contribution in [3.05, 3.63) is 34.3 Å². The van der Waals surface area contributed by atoms with Gasteiger partial charge in [0.1, 0.15) is 0 Å². The lowest BCUT2D eigenvalue weighted by atomic mass is 9.84. The fourth-order valence-corrected chi connectivity index (χ4v) is 3.22. The number of benzene rings is 1. The van der Waals surface area contributed by atoms with E-state index in [1.165, 1.54) is 5.56 Å². The number of hydrogen-bond donors (Lipinski definition) is 2. The Morgan fingerprint density at radius 3 is 2.38 bits per heavy atom. The standard InChI is InChI=1S/C13H18BrNO/c1-2-13(7-12(13,8-15)9-16)10-3-5-11(14)6-4-10/h3-6,16H,2,7-9,15H2,1H3. The van der Waals surface area contributed by atoms with Gasteiger partial charge in [-0.1, -0.05) is 35.0 Å². The number of nitrogens with two attached hydrogens (primary N) is 1. The third-order valence-electron chi connectivity index (χ3n) is 4.22. The predicted octanol–water partition coefficient (Wildman–Crippen LogP) is 2.44. The van der Waals surface area contributed by atoms with Crippen molar-refractivity contribution in [2.24, 2.45) is 11.1 Å². The van der Waals surface area contributed by atoms with Crippen LogP contribution in [0.25, 0.3) is 0 Å². The van der Waals surface area contributed by atoms with E-state index in [4.69, 9.17) is 5.73 Å². The van der Waals surface area contributed by atoms with Gasteiger partial charge in [-0.3, -0.25) is 0 Å². The van der Waals surface area contributed by atoms with E-state index in [1.807, 2.05) is 0 Å². The van der Waals surface area contributed by atoms with Crippen molar-refractivity contribution in [1.82, 2.24) is 0 Å². The van der Waals surface area contributed by atoms with Crippen LogP contribution in [0.3, 0.4) is 0 Å². The van der Waals surface area contributed by atoms with E-state index in [0.717, 1.165) is 17.3 Å². The van der Waals surface area contributed by atoms with E-state index in [1.54, 1.807) is 0 Å². The Bertz CT molecular complexity index is 372. The molecule has 0 radical (unpaired) electrons. The van der Waals surface area contributed by atoms with Crippen LogP contribution in [0.2, 0.25) is 0 Å². The van der Waals surface area contributed by atoms with Gasteiger partial charge in [0, 0.05) is 21.8 Å². The van der Waals surface area contributed by atoms with Crippen LogP contribution < -0.4 is 5.73 Å². The first-order valence-electron chi connectivity index (χ1n) is 5.71. The van der Waals surface area contributed by atoms with Crippen LogP contribution in [0.4, 0.5) is 0 Å². The van der Waals surface area contributed by atoms with Gasteiger partial charge in [0.15, 0.2) is 0 Å². The summed E-state index contributed by atoms with van der Waals surface area (Å²) in [6, 6.07) is 8.40. The number of rotatable bonds is 4. The molecule has 2 atom stereocenters. The molecule has 1 aliphatic carbocycles. The molecule has 3 heteroatoms. The molecule has 0 aliphatic heterocycles. The molecule has 0 saturated heterocycles. The van der Waals surface area contributed by atoms with Crippen molar-refractivity contribution in [1.29, 1.82) is 0 Å². The maximum atomic E-state index is 9.55. The SMILES string of the molecule is CCC1(c2ccc(Br)cc2)CC1(CN)CO. The molecule has 0 amide bonds. The molecule has 88 valence electrons. The van der Waals surface area contributed by atoms with E-state index >= 15 is 0 Å². The molecule has 2 rings (SSSR count). The van der Waals surface area contributed by atoms with Crippen molar-refractivity contribution < 1.29 is 5.11 Å². The number of halogens is 1. The molecular weight excluding hydrogens is 266 g/mol. The summed E-state index contributed by atoms with van der Waals surface area (Å²) in [6.45, 7) is 2.93. The summed E-state index contributed by atoms with van der Waals surface area (Å²) in [5.41, 5.74) is 7.14. The van der Waals surface area contributed by atoms with Crippen molar-refractivity contribution in [3.8, 4) is 0 Å². The molecule has 1 fully saturated rings. The van der Waals surface area contributed by atoms with Crippen LogP contribution in [-0.2, 0) is 5.41 Å². The Morgan fingerprint density at radius 1 is 1.38 bits per heavy atom. The van der Waals surface area contributed by atoms with Gasteiger partial charge in [-0.05, 0) is 30.5 Å². The van der Waals surface area contributed by atoms with Crippen molar-refractivity contribution >= 4 is 15.9 Å². The summed E-state index contributed by atoms with van der Waals surface area (Å²) in [5.74, 6) is 0. The van der Waals surface area contributed by atoms with Crippen LogP contribution in [0, 0.1) is 5.41 Å². The molecule has 1 aliphatic rings. The molecule has 0 aromatic heterocycles. The Hall–Kier alpha value is -0.380. The highest BCUT2D eigenvalue weighted by molar-refractivity contribution is 9.10. The lowest BCUT2D eigenvalue weighted by molar-refractivity contribution is 0.193. The third kappa shape index (κ3) is 1.53. The predicted molar refractivity (Wildman–Crippen MR) is 69.3 cm³/mol. The summed E-state index contributed by atoms with van der Waals surface area (Å²) in [6.07, 6.45) is 2.04. The van der Waals surface area contributed by atoms with Gasteiger partial charge in [0.25, 0.3) is 0 Å². The second-order valence-electron chi connectivity index (χ2n) is 4.76. The molecule has 1 saturated carbocycles. The van der Waals surface area contributed by atoms with Gasteiger partial charge in [0.2, 0.25) is 0 Å². The van der Waals surface area contributed by atoms with Crippen LogP contribution in [-0.4, -0.2) is 18.3 Å². The van der Waals surface area contributed by atoms with Gasteiger partial charge in [-0.2, -0.15) is 0 Å². The second-order valence-corrected chi connectivity index (χ2v) is 5.68. The fourth-order valence-electron chi connectivity index (χ4n) is 2.95. The van der Waals surface area contributed by atoms with Crippen molar-refractivity contribution in [2.75, 3.05) is 13.2 Å². The van der Waals surface area contributed by atoms with E-state index in [9.17, 15) is 5.11 Å². The summed E-state index contributed by atoms with van der Waals surface area (Å²) in [5, 5.41) is 9.55. The smallest absolute Gasteiger partial charge is 0.0508 e. The number of aliphatic hydroxyl groups is 1. The van der Waals surface area contributed by atoms with E-state index in [2.05, 4.69) is 47.1 Å².